The third kappa shape index (κ3) is 11.2. The van der Waals surface area contributed by atoms with Gasteiger partial charge in [0.05, 0.1) is 6.10 Å². The lowest BCUT2D eigenvalue weighted by Gasteiger charge is -2.37. The molecule has 34 heavy (non-hydrogen) atoms. The third-order valence-corrected chi connectivity index (χ3v) is 5.32. The Hall–Kier alpha value is -2.35. The lowest BCUT2D eigenvalue weighted by molar-refractivity contribution is -0.193. The molecule has 3 rings (SSSR count). The molecule has 2 fully saturated rings. The van der Waals surface area contributed by atoms with Crippen LogP contribution in [0.5, 0.6) is 0 Å². The summed E-state index contributed by atoms with van der Waals surface area (Å²) in [5, 5.41) is 14.2. The van der Waals surface area contributed by atoms with E-state index in [0.29, 0.717) is 6.10 Å². The first-order chi connectivity index (χ1) is 15.7. The Morgan fingerprint density at radius 3 is 2.09 bits per heavy atom. The zero-order valence-electron chi connectivity index (χ0n) is 18.6. The van der Waals surface area contributed by atoms with Crippen molar-refractivity contribution < 1.29 is 50.9 Å². The van der Waals surface area contributed by atoms with Gasteiger partial charge >= 0.3 is 24.3 Å². The van der Waals surface area contributed by atoms with Crippen LogP contribution in [0.3, 0.4) is 0 Å². The molecule has 2 aliphatic rings. The van der Waals surface area contributed by atoms with Gasteiger partial charge in [0.2, 0.25) is 0 Å². The molecule has 0 spiro atoms. The average Bonchev–Trinajstić information content (AvgIpc) is 3.38. The Kier molecular flexibility index (Phi) is 11.8. The van der Waals surface area contributed by atoms with Crippen LogP contribution < -0.4 is 0 Å². The first-order valence-electron chi connectivity index (χ1n) is 10.6. The quantitative estimate of drug-likeness (QED) is 0.589. The van der Waals surface area contributed by atoms with Crippen molar-refractivity contribution in [3.05, 3.63) is 18.2 Å². The average molecular weight is 505 g/mol. The van der Waals surface area contributed by atoms with Gasteiger partial charge in [-0.25, -0.2) is 14.6 Å². The van der Waals surface area contributed by atoms with E-state index in [4.69, 9.17) is 24.5 Å². The van der Waals surface area contributed by atoms with Crippen molar-refractivity contribution in [2.45, 2.75) is 69.4 Å². The van der Waals surface area contributed by atoms with Crippen molar-refractivity contribution >= 4 is 11.9 Å². The van der Waals surface area contributed by atoms with Gasteiger partial charge in [-0.05, 0) is 38.6 Å². The van der Waals surface area contributed by atoms with Gasteiger partial charge < -0.3 is 19.5 Å². The summed E-state index contributed by atoms with van der Waals surface area (Å²) < 4.78 is 71.4. The van der Waals surface area contributed by atoms with Crippen molar-refractivity contribution in [1.29, 1.82) is 0 Å². The van der Waals surface area contributed by atoms with Gasteiger partial charge in [0.1, 0.15) is 5.82 Å². The second kappa shape index (κ2) is 13.5. The first kappa shape index (κ1) is 29.7. The molecule has 3 heterocycles. The maximum atomic E-state index is 10.6. The number of hydrogen-bond acceptors (Lipinski definition) is 5. The number of nitrogens with zero attached hydrogens (tertiary/aromatic N) is 3. The molecule has 1 aromatic heterocycles. The number of rotatable bonds is 5. The SMILES string of the molecule is Cn1ccnc1CCC1CCCCN1CC1CCCO1.O=C(O)C(F)(F)F.O=C(O)C(F)(F)F. The summed E-state index contributed by atoms with van der Waals surface area (Å²) in [5.41, 5.74) is 0. The van der Waals surface area contributed by atoms with Crippen LogP contribution in [-0.2, 0) is 27.8 Å². The van der Waals surface area contributed by atoms with E-state index >= 15 is 0 Å². The third-order valence-electron chi connectivity index (χ3n) is 5.32. The highest BCUT2D eigenvalue weighted by atomic mass is 19.4. The topological polar surface area (TPSA) is 105 Å². The molecular weight excluding hydrogens is 476 g/mol. The van der Waals surface area contributed by atoms with E-state index < -0.39 is 24.3 Å². The van der Waals surface area contributed by atoms with E-state index in [1.54, 1.807) is 0 Å². The number of aromatic nitrogens is 2. The second-order valence-corrected chi connectivity index (χ2v) is 7.88. The highest BCUT2D eigenvalue weighted by Crippen LogP contribution is 2.24. The summed E-state index contributed by atoms with van der Waals surface area (Å²) >= 11 is 0. The number of carboxylic acids is 2. The van der Waals surface area contributed by atoms with Crippen LogP contribution in [0.1, 0.15) is 44.3 Å². The number of piperidine rings is 1. The van der Waals surface area contributed by atoms with Crippen molar-refractivity contribution in [3.8, 4) is 0 Å². The van der Waals surface area contributed by atoms with Gasteiger partial charge in [0.25, 0.3) is 0 Å². The van der Waals surface area contributed by atoms with Crippen molar-refractivity contribution in [3.63, 3.8) is 0 Å². The molecular formula is C20H29F6N3O5. The van der Waals surface area contributed by atoms with E-state index in [1.807, 2.05) is 12.4 Å². The molecule has 14 heteroatoms. The van der Waals surface area contributed by atoms with Crippen molar-refractivity contribution in [1.82, 2.24) is 14.5 Å². The summed E-state index contributed by atoms with van der Waals surface area (Å²) in [6, 6.07) is 0.727. The minimum absolute atomic E-state index is 0.490. The van der Waals surface area contributed by atoms with Crippen LogP contribution in [-0.4, -0.2) is 80.8 Å². The maximum absolute atomic E-state index is 10.6. The van der Waals surface area contributed by atoms with Crippen molar-refractivity contribution in [2.75, 3.05) is 19.7 Å². The molecule has 0 saturated carbocycles. The van der Waals surface area contributed by atoms with Crippen LogP contribution in [0.2, 0.25) is 0 Å². The molecule has 196 valence electrons. The molecule has 0 aliphatic carbocycles. The normalized spacial score (nSPS) is 21.1. The summed E-state index contributed by atoms with van der Waals surface area (Å²) in [4.78, 5) is 24.9. The number of aryl methyl sites for hydroxylation is 2. The fraction of sp³-hybridized carbons (Fsp3) is 0.750. The molecule has 1 aromatic rings. The smallest absolute Gasteiger partial charge is 0.475 e. The van der Waals surface area contributed by atoms with Crippen molar-refractivity contribution in [2.24, 2.45) is 7.05 Å². The number of imidazole rings is 1. The second-order valence-electron chi connectivity index (χ2n) is 7.88. The van der Waals surface area contributed by atoms with Gasteiger partial charge in [-0.3, -0.25) is 4.90 Å². The largest absolute Gasteiger partial charge is 0.490 e. The molecule has 2 saturated heterocycles. The zero-order chi connectivity index (χ0) is 25.9. The minimum atomic E-state index is -5.08. The number of carbonyl (C=O) groups is 2. The monoisotopic (exact) mass is 505 g/mol. The summed E-state index contributed by atoms with van der Waals surface area (Å²) in [6.07, 6.45) is 3.17. The highest BCUT2D eigenvalue weighted by Gasteiger charge is 2.38. The number of likely N-dealkylation sites (tertiary alicyclic amines) is 1. The molecule has 2 unspecified atom stereocenters. The highest BCUT2D eigenvalue weighted by molar-refractivity contribution is 5.73. The molecule has 0 bridgehead atoms. The Bertz CT molecular complexity index is 739. The van der Waals surface area contributed by atoms with E-state index in [2.05, 4.69) is 21.5 Å². The van der Waals surface area contributed by atoms with Crippen LogP contribution in [0.4, 0.5) is 26.3 Å². The predicted molar refractivity (Wildman–Crippen MR) is 107 cm³/mol. The number of aliphatic carboxylic acids is 2. The molecule has 2 atom stereocenters. The van der Waals surface area contributed by atoms with Gasteiger partial charge in [0, 0.05) is 45.1 Å². The van der Waals surface area contributed by atoms with E-state index in [-0.39, 0.29) is 0 Å². The van der Waals surface area contributed by atoms with E-state index in [1.165, 1.54) is 50.9 Å². The summed E-state index contributed by atoms with van der Waals surface area (Å²) in [6.45, 7) is 3.37. The predicted octanol–water partition coefficient (Wildman–Crippen LogP) is 3.65. The lowest BCUT2D eigenvalue weighted by atomic mass is 9.97. The molecule has 0 aromatic carbocycles. The Morgan fingerprint density at radius 2 is 1.65 bits per heavy atom. The van der Waals surface area contributed by atoms with E-state index in [9.17, 15) is 26.3 Å². The number of halogens is 6. The van der Waals surface area contributed by atoms with E-state index in [0.717, 1.165) is 25.6 Å². The molecule has 2 N–H and O–H groups in total. The fourth-order valence-corrected chi connectivity index (χ4v) is 3.61. The summed E-state index contributed by atoms with van der Waals surface area (Å²) in [5.74, 6) is -4.30. The number of carboxylic acid groups (broad SMARTS) is 2. The standard InChI is InChI=1S/C16H27N3O.2C2HF3O2/c1-18-11-9-17-16(18)8-7-14-5-2-3-10-19(14)13-15-6-4-12-20-15;2*3-2(4,5)1(6)7/h9,11,14-15H,2-8,10,12-13H2,1H3;2*(H,6,7). The van der Waals surface area contributed by atoms with Crippen LogP contribution in [0, 0.1) is 0 Å². The summed E-state index contributed by atoms with van der Waals surface area (Å²) in [7, 11) is 2.09. The molecule has 0 radical (unpaired) electrons. The van der Waals surface area contributed by atoms with Gasteiger partial charge in [-0.2, -0.15) is 26.3 Å². The van der Waals surface area contributed by atoms with Crippen LogP contribution in [0.25, 0.3) is 0 Å². The van der Waals surface area contributed by atoms with Gasteiger partial charge in [-0.15, -0.1) is 0 Å². The molecule has 8 nitrogen and oxygen atoms in total. The number of alkyl halides is 6. The number of hydrogen-bond donors (Lipinski definition) is 2. The fourth-order valence-electron chi connectivity index (χ4n) is 3.61. The lowest BCUT2D eigenvalue weighted by Crippen LogP contribution is -2.43. The van der Waals surface area contributed by atoms with Gasteiger partial charge in [-0.1, -0.05) is 6.42 Å². The Balaban J connectivity index is 0.000000343. The Morgan fingerprint density at radius 1 is 1.06 bits per heavy atom. The first-order valence-corrected chi connectivity index (χ1v) is 10.6. The Labute approximate surface area is 192 Å². The molecule has 2 aliphatic heterocycles. The number of ether oxygens (including phenoxy) is 1. The maximum Gasteiger partial charge on any atom is 0.490 e. The van der Waals surface area contributed by atoms with Gasteiger partial charge in [0.15, 0.2) is 0 Å². The minimum Gasteiger partial charge on any atom is -0.475 e. The van der Waals surface area contributed by atoms with Crippen LogP contribution in [0.15, 0.2) is 12.4 Å². The molecule has 0 amide bonds. The van der Waals surface area contributed by atoms with Crippen LogP contribution >= 0.6 is 0 Å². The zero-order valence-corrected chi connectivity index (χ0v) is 18.6.